The topological polar surface area (TPSA) is 45.7 Å². The number of nitrogens with one attached hydrogen (secondary N) is 2. The molecular weight excluding hydrogens is 306 g/mol. The number of guanidine groups is 1. The number of ether oxygens (including phenoxy) is 1. The lowest BCUT2D eigenvalue weighted by Gasteiger charge is -2.36. The molecule has 4 nitrogen and oxygen atoms in total. The first-order valence-corrected chi connectivity index (χ1v) is 9.44. The van der Waals surface area contributed by atoms with E-state index < -0.39 is 0 Å². The van der Waals surface area contributed by atoms with E-state index in [2.05, 4.69) is 53.9 Å². The van der Waals surface area contributed by atoms with E-state index in [9.17, 15) is 0 Å². The van der Waals surface area contributed by atoms with Crippen LogP contribution in [-0.2, 0) is 11.3 Å². The van der Waals surface area contributed by atoms with Crippen LogP contribution in [0.2, 0.25) is 0 Å². The van der Waals surface area contributed by atoms with Crippen LogP contribution in [0.5, 0.6) is 0 Å². The number of aryl methyl sites for hydroxylation is 2. The predicted octanol–water partition coefficient (Wildman–Crippen LogP) is 2.88. The molecule has 0 saturated carbocycles. The standard InChI is InChI=1S/C18H29N3OS/c1-14-5-6-16(15(2)11-14)12-20-17(19-3)21-13-18(23-4)7-9-22-10-8-18/h5-6,11H,7-10,12-13H2,1-4H3,(H2,19,20,21). The van der Waals surface area contributed by atoms with Gasteiger partial charge in [0.2, 0.25) is 0 Å². The maximum Gasteiger partial charge on any atom is 0.191 e. The highest BCUT2D eigenvalue weighted by molar-refractivity contribution is 8.00. The number of nitrogens with zero attached hydrogens (tertiary/aromatic N) is 1. The number of thioether (sulfide) groups is 1. The Kier molecular flexibility index (Phi) is 6.78. The van der Waals surface area contributed by atoms with Gasteiger partial charge < -0.3 is 15.4 Å². The average Bonchev–Trinajstić information content (AvgIpc) is 2.57. The third-order valence-electron chi connectivity index (χ3n) is 4.58. The van der Waals surface area contributed by atoms with E-state index >= 15 is 0 Å². The molecule has 0 radical (unpaired) electrons. The van der Waals surface area contributed by atoms with Crippen molar-refractivity contribution >= 4 is 17.7 Å². The molecule has 0 unspecified atom stereocenters. The molecule has 0 spiro atoms. The summed E-state index contributed by atoms with van der Waals surface area (Å²) in [4.78, 5) is 4.35. The lowest BCUT2D eigenvalue weighted by molar-refractivity contribution is 0.0783. The van der Waals surface area contributed by atoms with E-state index in [-0.39, 0.29) is 4.75 Å². The Balaban J connectivity index is 1.88. The summed E-state index contributed by atoms with van der Waals surface area (Å²) in [5.41, 5.74) is 3.93. The van der Waals surface area contributed by atoms with Crippen molar-refractivity contribution in [1.82, 2.24) is 10.6 Å². The van der Waals surface area contributed by atoms with Gasteiger partial charge in [-0.25, -0.2) is 0 Å². The Morgan fingerprint density at radius 1 is 1.26 bits per heavy atom. The minimum atomic E-state index is 0.260. The van der Waals surface area contributed by atoms with Gasteiger partial charge in [0.1, 0.15) is 0 Å². The van der Waals surface area contributed by atoms with E-state index in [0.29, 0.717) is 0 Å². The minimum absolute atomic E-state index is 0.260. The zero-order valence-corrected chi connectivity index (χ0v) is 15.6. The van der Waals surface area contributed by atoms with E-state index in [0.717, 1.165) is 45.1 Å². The largest absolute Gasteiger partial charge is 0.381 e. The summed E-state index contributed by atoms with van der Waals surface area (Å²) >= 11 is 1.94. The molecule has 2 rings (SSSR count). The van der Waals surface area contributed by atoms with Crippen LogP contribution in [0.15, 0.2) is 23.2 Å². The first-order chi connectivity index (χ1) is 11.1. The normalized spacial score (nSPS) is 17.8. The van der Waals surface area contributed by atoms with Crippen molar-refractivity contribution in [2.24, 2.45) is 4.99 Å². The lowest BCUT2D eigenvalue weighted by atomic mass is 9.99. The molecule has 5 heteroatoms. The van der Waals surface area contributed by atoms with E-state index in [1.54, 1.807) is 0 Å². The van der Waals surface area contributed by atoms with Crippen LogP contribution in [0.25, 0.3) is 0 Å². The summed E-state index contributed by atoms with van der Waals surface area (Å²) in [6.07, 6.45) is 4.38. The Morgan fingerprint density at radius 2 is 2.00 bits per heavy atom. The van der Waals surface area contributed by atoms with Crippen molar-refractivity contribution in [3.05, 3.63) is 34.9 Å². The van der Waals surface area contributed by atoms with Crippen molar-refractivity contribution in [2.45, 2.75) is 38.0 Å². The van der Waals surface area contributed by atoms with Crippen molar-refractivity contribution in [3.8, 4) is 0 Å². The molecule has 1 heterocycles. The molecule has 1 fully saturated rings. The molecule has 1 aromatic carbocycles. The first kappa shape index (κ1) is 18.1. The van der Waals surface area contributed by atoms with Crippen LogP contribution < -0.4 is 10.6 Å². The molecule has 1 saturated heterocycles. The molecule has 0 bridgehead atoms. The maximum atomic E-state index is 5.50. The van der Waals surface area contributed by atoms with Crippen LogP contribution in [-0.4, -0.2) is 43.8 Å². The molecule has 1 aliphatic heterocycles. The summed E-state index contributed by atoms with van der Waals surface area (Å²) < 4.78 is 5.76. The van der Waals surface area contributed by atoms with Gasteiger partial charge in [-0.2, -0.15) is 11.8 Å². The van der Waals surface area contributed by atoms with Crippen molar-refractivity contribution in [1.29, 1.82) is 0 Å². The Hall–Kier alpha value is -1.20. The second kappa shape index (κ2) is 8.60. The van der Waals surface area contributed by atoms with Gasteiger partial charge >= 0.3 is 0 Å². The van der Waals surface area contributed by atoms with Crippen LogP contribution in [0, 0.1) is 13.8 Å². The summed E-state index contributed by atoms with van der Waals surface area (Å²) in [6, 6.07) is 6.57. The summed E-state index contributed by atoms with van der Waals surface area (Å²) in [7, 11) is 1.83. The van der Waals surface area contributed by atoms with Gasteiger partial charge in [-0.05, 0) is 44.1 Å². The van der Waals surface area contributed by atoms with Gasteiger partial charge in [-0.1, -0.05) is 23.8 Å². The predicted molar refractivity (Wildman–Crippen MR) is 100 cm³/mol. The van der Waals surface area contributed by atoms with E-state index in [4.69, 9.17) is 4.74 Å². The number of rotatable bonds is 5. The van der Waals surface area contributed by atoms with Crippen LogP contribution in [0.4, 0.5) is 0 Å². The summed E-state index contributed by atoms with van der Waals surface area (Å²) in [5, 5.41) is 6.92. The quantitative estimate of drug-likeness (QED) is 0.641. The third kappa shape index (κ3) is 5.15. The molecule has 0 amide bonds. The second-order valence-corrected chi connectivity index (χ2v) is 7.48. The average molecular weight is 336 g/mol. The molecule has 23 heavy (non-hydrogen) atoms. The van der Waals surface area contributed by atoms with E-state index in [1.807, 2.05) is 18.8 Å². The number of benzene rings is 1. The number of hydrogen-bond donors (Lipinski definition) is 2. The summed E-state index contributed by atoms with van der Waals surface area (Å²) in [5.74, 6) is 0.866. The molecule has 1 aromatic rings. The monoisotopic (exact) mass is 335 g/mol. The maximum absolute atomic E-state index is 5.50. The fourth-order valence-electron chi connectivity index (χ4n) is 2.88. The Bertz CT molecular complexity index is 539. The molecule has 0 aromatic heterocycles. The van der Waals surface area contributed by atoms with Crippen LogP contribution in [0.3, 0.4) is 0 Å². The highest BCUT2D eigenvalue weighted by atomic mass is 32.2. The van der Waals surface area contributed by atoms with Gasteiger partial charge in [0.25, 0.3) is 0 Å². The zero-order chi connectivity index (χ0) is 16.7. The Labute approximate surface area is 144 Å². The van der Waals surface area contributed by atoms with Gasteiger partial charge in [-0.3, -0.25) is 4.99 Å². The highest BCUT2D eigenvalue weighted by Gasteiger charge is 2.31. The minimum Gasteiger partial charge on any atom is -0.381 e. The third-order valence-corrected chi connectivity index (χ3v) is 6.00. The SMILES string of the molecule is CN=C(NCc1ccc(C)cc1C)NCC1(SC)CCOCC1. The fraction of sp³-hybridized carbons (Fsp3) is 0.611. The molecule has 1 aliphatic rings. The van der Waals surface area contributed by atoms with Crippen molar-refractivity contribution < 1.29 is 4.74 Å². The van der Waals surface area contributed by atoms with Gasteiger partial charge in [-0.15, -0.1) is 0 Å². The molecular formula is C18H29N3OS. The van der Waals surface area contributed by atoms with Crippen LogP contribution in [0.1, 0.15) is 29.5 Å². The Morgan fingerprint density at radius 3 is 2.61 bits per heavy atom. The molecule has 128 valence electrons. The summed E-state index contributed by atoms with van der Waals surface area (Å²) in [6.45, 7) is 7.71. The smallest absolute Gasteiger partial charge is 0.191 e. The van der Waals surface area contributed by atoms with Crippen LogP contribution >= 0.6 is 11.8 Å². The molecule has 2 N–H and O–H groups in total. The van der Waals surface area contributed by atoms with Gasteiger partial charge in [0.15, 0.2) is 5.96 Å². The van der Waals surface area contributed by atoms with E-state index in [1.165, 1.54) is 16.7 Å². The molecule has 0 atom stereocenters. The first-order valence-electron chi connectivity index (χ1n) is 8.22. The fourth-order valence-corrected chi connectivity index (χ4v) is 3.68. The second-order valence-electron chi connectivity index (χ2n) is 6.21. The number of hydrogen-bond acceptors (Lipinski definition) is 3. The van der Waals surface area contributed by atoms with Gasteiger partial charge in [0, 0.05) is 38.1 Å². The molecule has 0 aliphatic carbocycles. The van der Waals surface area contributed by atoms with Crippen molar-refractivity contribution in [3.63, 3.8) is 0 Å². The van der Waals surface area contributed by atoms with Gasteiger partial charge in [0.05, 0.1) is 0 Å². The lowest BCUT2D eigenvalue weighted by Crippen LogP contribution is -2.47. The number of aliphatic imine (C=N–C) groups is 1. The van der Waals surface area contributed by atoms with Crippen molar-refractivity contribution in [2.75, 3.05) is 33.1 Å². The highest BCUT2D eigenvalue weighted by Crippen LogP contribution is 2.32. The zero-order valence-electron chi connectivity index (χ0n) is 14.7.